The zero-order chi connectivity index (χ0) is 21.1. The van der Waals surface area contributed by atoms with E-state index in [1.165, 1.54) is 12.1 Å². The van der Waals surface area contributed by atoms with Crippen molar-refractivity contribution in [2.75, 3.05) is 6.61 Å². The van der Waals surface area contributed by atoms with Gasteiger partial charge >= 0.3 is 0 Å². The first-order valence-corrected chi connectivity index (χ1v) is 9.80. The van der Waals surface area contributed by atoms with Crippen LogP contribution >= 0.6 is 0 Å². The second kappa shape index (κ2) is 8.37. The maximum Gasteiger partial charge on any atom is 0.251 e. The molecule has 30 heavy (non-hydrogen) atoms. The number of nitrogens with one attached hydrogen (secondary N) is 1. The summed E-state index contributed by atoms with van der Waals surface area (Å²) < 4.78 is 20.6. The number of halogens is 1. The summed E-state index contributed by atoms with van der Waals surface area (Å²) in [6.45, 7) is 4.84. The van der Waals surface area contributed by atoms with E-state index < -0.39 is 0 Å². The monoisotopic (exact) mass is 403 g/mol. The van der Waals surface area contributed by atoms with Crippen LogP contribution in [0.15, 0.2) is 66.7 Å². The van der Waals surface area contributed by atoms with Gasteiger partial charge in [-0.1, -0.05) is 12.1 Å². The van der Waals surface area contributed by atoms with Gasteiger partial charge in [-0.25, -0.2) is 9.37 Å². The first kappa shape index (κ1) is 19.6. The van der Waals surface area contributed by atoms with Crippen molar-refractivity contribution >= 4 is 16.9 Å². The van der Waals surface area contributed by atoms with Gasteiger partial charge in [0.25, 0.3) is 5.91 Å². The Morgan fingerprint density at radius 2 is 1.80 bits per heavy atom. The van der Waals surface area contributed by atoms with Gasteiger partial charge in [0, 0.05) is 17.8 Å². The van der Waals surface area contributed by atoms with Crippen molar-refractivity contribution in [1.82, 2.24) is 14.9 Å². The fourth-order valence-corrected chi connectivity index (χ4v) is 3.41. The Morgan fingerprint density at radius 3 is 2.50 bits per heavy atom. The van der Waals surface area contributed by atoms with Crippen LogP contribution in [-0.2, 0) is 6.54 Å². The van der Waals surface area contributed by atoms with Crippen LogP contribution in [-0.4, -0.2) is 22.1 Å². The molecular formula is C24H22FN3O2. The Balaban J connectivity index is 1.56. The van der Waals surface area contributed by atoms with Crippen molar-refractivity contribution in [3.63, 3.8) is 0 Å². The predicted molar refractivity (Wildman–Crippen MR) is 115 cm³/mol. The number of benzene rings is 3. The lowest BCUT2D eigenvalue weighted by Gasteiger charge is -2.09. The number of nitrogens with zero attached hydrogens (tertiary/aromatic N) is 2. The highest BCUT2D eigenvalue weighted by Gasteiger charge is 2.13. The molecule has 4 rings (SSSR count). The van der Waals surface area contributed by atoms with E-state index in [4.69, 9.17) is 4.74 Å². The number of aromatic nitrogens is 2. The molecule has 1 aromatic heterocycles. The van der Waals surface area contributed by atoms with Gasteiger partial charge in [0.1, 0.15) is 17.4 Å². The second-order valence-electron chi connectivity index (χ2n) is 6.93. The summed E-state index contributed by atoms with van der Waals surface area (Å²) >= 11 is 0. The van der Waals surface area contributed by atoms with Crippen molar-refractivity contribution < 1.29 is 13.9 Å². The molecule has 1 N–H and O–H groups in total. The maximum absolute atomic E-state index is 13.0. The number of imidazole rings is 1. The molecule has 0 unspecified atom stereocenters. The minimum Gasteiger partial charge on any atom is -0.494 e. The number of aryl methyl sites for hydroxylation is 1. The third-order valence-electron chi connectivity index (χ3n) is 4.86. The van der Waals surface area contributed by atoms with Crippen LogP contribution in [0.2, 0.25) is 0 Å². The fourth-order valence-electron chi connectivity index (χ4n) is 3.41. The van der Waals surface area contributed by atoms with Crippen LogP contribution in [0, 0.1) is 12.7 Å². The Bertz CT molecular complexity index is 1180. The molecule has 4 aromatic rings. The van der Waals surface area contributed by atoms with Gasteiger partial charge in [-0.05, 0) is 74.0 Å². The van der Waals surface area contributed by atoms with Crippen LogP contribution < -0.4 is 10.1 Å². The molecule has 0 aliphatic heterocycles. The molecular weight excluding hydrogens is 381 g/mol. The van der Waals surface area contributed by atoms with Crippen molar-refractivity contribution in [2.24, 2.45) is 0 Å². The zero-order valence-corrected chi connectivity index (χ0v) is 16.9. The molecule has 6 heteroatoms. The molecule has 152 valence electrons. The van der Waals surface area contributed by atoms with E-state index in [1.54, 1.807) is 24.3 Å². The highest BCUT2D eigenvalue weighted by atomic mass is 19.1. The van der Waals surface area contributed by atoms with Crippen molar-refractivity contribution in [3.05, 3.63) is 89.5 Å². The standard InChI is InChI=1S/C24H22FN3O2/c1-3-30-21-11-9-20(10-12-21)28-16(2)27-22-14-18(6-13-23(22)28)24(29)26-15-17-4-7-19(25)8-5-17/h4-14H,3,15H2,1-2H3,(H,26,29). The maximum atomic E-state index is 13.0. The lowest BCUT2D eigenvalue weighted by atomic mass is 10.1. The first-order chi connectivity index (χ1) is 14.5. The largest absolute Gasteiger partial charge is 0.494 e. The number of hydrogen-bond acceptors (Lipinski definition) is 3. The molecule has 0 saturated heterocycles. The lowest BCUT2D eigenvalue weighted by molar-refractivity contribution is 0.0951. The molecule has 1 heterocycles. The summed E-state index contributed by atoms with van der Waals surface area (Å²) in [4.78, 5) is 17.2. The molecule has 0 atom stereocenters. The summed E-state index contributed by atoms with van der Waals surface area (Å²) in [5.74, 6) is 1.16. The summed E-state index contributed by atoms with van der Waals surface area (Å²) in [6.07, 6.45) is 0. The summed E-state index contributed by atoms with van der Waals surface area (Å²) in [5, 5.41) is 2.86. The van der Waals surface area contributed by atoms with Crippen LogP contribution in [0.3, 0.4) is 0 Å². The van der Waals surface area contributed by atoms with Crippen LogP contribution in [0.5, 0.6) is 5.75 Å². The summed E-state index contributed by atoms with van der Waals surface area (Å²) in [7, 11) is 0. The second-order valence-corrected chi connectivity index (χ2v) is 6.93. The van der Waals surface area contributed by atoms with E-state index in [-0.39, 0.29) is 11.7 Å². The van der Waals surface area contributed by atoms with Gasteiger partial charge in [0.05, 0.1) is 17.6 Å². The quantitative estimate of drug-likeness (QED) is 0.503. The number of fused-ring (bicyclic) bond motifs is 1. The van der Waals surface area contributed by atoms with E-state index in [0.29, 0.717) is 18.7 Å². The van der Waals surface area contributed by atoms with Gasteiger partial charge in [-0.15, -0.1) is 0 Å². The van der Waals surface area contributed by atoms with E-state index >= 15 is 0 Å². The Kier molecular flexibility index (Phi) is 5.48. The number of amides is 1. The molecule has 1 amide bonds. The smallest absolute Gasteiger partial charge is 0.251 e. The average Bonchev–Trinajstić information content (AvgIpc) is 3.09. The van der Waals surface area contributed by atoms with E-state index in [9.17, 15) is 9.18 Å². The van der Waals surface area contributed by atoms with Crippen LogP contribution in [0.25, 0.3) is 16.7 Å². The SMILES string of the molecule is CCOc1ccc(-n2c(C)nc3cc(C(=O)NCc4ccc(F)cc4)ccc32)cc1. The number of carbonyl (C=O) groups is 1. The first-order valence-electron chi connectivity index (χ1n) is 9.80. The minimum atomic E-state index is -0.297. The molecule has 3 aromatic carbocycles. The number of rotatable bonds is 6. The number of ether oxygens (including phenoxy) is 1. The Labute approximate surface area is 174 Å². The molecule has 5 nitrogen and oxygen atoms in total. The molecule has 0 aliphatic rings. The van der Waals surface area contributed by atoms with Crippen LogP contribution in [0.4, 0.5) is 4.39 Å². The van der Waals surface area contributed by atoms with Crippen LogP contribution in [0.1, 0.15) is 28.7 Å². The Hall–Kier alpha value is -3.67. The van der Waals surface area contributed by atoms with Gasteiger partial charge in [-0.2, -0.15) is 0 Å². The van der Waals surface area contributed by atoms with E-state index in [1.807, 2.05) is 48.7 Å². The highest BCUT2D eigenvalue weighted by Crippen LogP contribution is 2.24. The normalized spacial score (nSPS) is 10.9. The molecule has 0 spiro atoms. The average molecular weight is 403 g/mol. The third-order valence-corrected chi connectivity index (χ3v) is 4.86. The fraction of sp³-hybridized carbons (Fsp3) is 0.167. The van der Waals surface area contributed by atoms with E-state index in [2.05, 4.69) is 10.3 Å². The summed E-state index contributed by atoms with van der Waals surface area (Å²) in [5.41, 5.74) is 4.01. The number of hydrogen-bond donors (Lipinski definition) is 1. The van der Waals surface area contributed by atoms with Gasteiger partial charge in [-0.3, -0.25) is 9.36 Å². The van der Waals surface area contributed by atoms with Gasteiger partial charge < -0.3 is 10.1 Å². The summed E-state index contributed by atoms with van der Waals surface area (Å²) in [6, 6.07) is 19.4. The van der Waals surface area contributed by atoms with Gasteiger partial charge in [0.2, 0.25) is 0 Å². The molecule has 0 saturated carbocycles. The lowest BCUT2D eigenvalue weighted by Crippen LogP contribution is -2.22. The molecule has 0 fully saturated rings. The zero-order valence-electron chi connectivity index (χ0n) is 16.9. The topological polar surface area (TPSA) is 56.2 Å². The van der Waals surface area contributed by atoms with Gasteiger partial charge in [0.15, 0.2) is 0 Å². The third kappa shape index (κ3) is 4.03. The molecule has 0 aliphatic carbocycles. The van der Waals surface area contributed by atoms with Crippen molar-refractivity contribution in [1.29, 1.82) is 0 Å². The van der Waals surface area contributed by atoms with Crippen molar-refractivity contribution in [3.8, 4) is 11.4 Å². The minimum absolute atomic E-state index is 0.200. The van der Waals surface area contributed by atoms with Crippen molar-refractivity contribution in [2.45, 2.75) is 20.4 Å². The number of carbonyl (C=O) groups excluding carboxylic acids is 1. The predicted octanol–water partition coefficient (Wildman–Crippen LogP) is 4.80. The van der Waals surface area contributed by atoms with E-state index in [0.717, 1.165) is 33.9 Å². The molecule has 0 radical (unpaired) electrons. The molecule has 0 bridgehead atoms. The highest BCUT2D eigenvalue weighted by molar-refractivity contribution is 5.97. The Morgan fingerprint density at radius 1 is 1.07 bits per heavy atom.